The zero-order valence-corrected chi connectivity index (χ0v) is 12.1. The number of rotatable bonds is 2. The van der Waals surface area contributed by atoms with Gasteiger partial charge in [0.1, 0.15) is 10.6 Å². The molecule has 0 aliphatic carbocycles. The maximum absolute atomic E-state index is 3.55. The van der Waals surface area contributed by atoms with Crippen LogP contribution in [0, 0.1) is 0 Å². The molecule has 0 amide bonds. The Hall–Kier alpha value is -0.550. The Morgan fingerprint density at radius 1 is 0.667 bits per heavy atom. The van der Waals surface area contributed by atoms with Crippen LogP contribution in [-0.4, -0.2) is 0 Å². The molecule has 1 heterocycles. The summed E-state index contributed by atoms with van der Waals surface area (Å²) in [4.78, 5) is 0. The summed E-state index contributed by atoms with van der Waals surface area (Å²) in [5.74, 6) is 0. The Balaban J connectivity index is 2.10. The predicted octanol–water partition coefficient (Wildman–Crippen LogP) is 2.39. The van der Waals surface area contributed by atoms with Crippen LogP contribution in [0.5, 0.6) is 0 Å². The molecule has 0 saturated carbocycles. The van der Waals surface area contributed by atoms with Gasteiger partial charge in [-0.15, -0.1) is 0 Å². The second kappa shape index (κ2) is 5.61. The van der Waals surface area contributed by atoms with Crippen LogP contribution in [0.1, 0.15) is 0 Å². The van der Waals surface area contributed by atoms with Crippen molar-refractivity contribution in [3.63, 3.8) is 0 Å². The van der Waals surface area contributed by atoms with Crippen molar-refractivity contribution >= 4 is 42.4 Å². The Labute approximate surface area is 116 Å². The van der Waals surface area contributed by atoms with Crippen LogP contribution in [-0.2, 0) is 0 Å². The zero-order valence-electron chi connectivity index (χ0n) is 9.54. The summed E-state index contributed by atoms with van der Waals surface area (Å²) in [6.45, 7) is 0. The molecule has 92 valence electrons. The van der Waals surface area contributed by atoms with Gasteiger partial charge in [-0.2, -0.15) is 4.13 Å². The van der Waals surface area contributed by atoms with Crippen LogP contribution in [0.2, 0.25) is 0 Å². The molecule has 18 heavy (non-hydrogen) atoms. The molecule has 6 heteroatoms. The van der Waals surface area contributed by atoms with Crippen molar-refractivity contribution in [2.45, 2.75) is 0 Å². The molecule has 0 unspecified atom stereocenters. The minimum absolute atomic E-state index is 1.30. The molecule has 1 aliphatic rings. The summed E-state index contributed by atoms with van der Waals surface area (Å²) in [5, 5.41) is 2.61. The van der Waals surface area contributed by atoms with Gasteiger partial charge in [-0.05, 0) is 24.3 Å². The summed E-state index contributed by atoms with van der Waals surface area (Å²) in [6, 6.07) is 21.1. The molecule has 3 rings (SSSR count). The van der Waals surface area contributed by atoms with Gasteiger partial charge in [0, 0.05) is 0 Å². The molecule has 1 fully saturated rings. The number of nitrogens with one attached hydrogen (secondary N) is 3. The van der Waals surface area contributed by atoms with E-state index in [0.717, 1.165) is 0 Å². The molecule has 2 aromatic carbocycles. The number of hydrogen-bond acceptors (Lipinski definition) is 5. The number of benzene rings is 2. The highest BCUT2D eigenvalue weighted by Crippen LogP contribution is 2.53. The van der Waals surface area contributed by atoms with E-state index in [1.807, 2.05) is 12.1 Å². The molecule has 0 aromatic heterocycles. The molecule has 3 nitrogen and oxygen atoms in total. The van der Waals surface area contributed by atoms with Crippen LogP contribution in [0.25, 0.3) is 0 Å². The van der Waals surface area contributed by atoms with Crippen LogP contribution in [0.15, 0.2) is 60.7 Å². The van der Waals surface area contributed by atoms with Crippen molar-refractivity contribution in [1.29, 1.82) is 0 Å². The van der Waals surface area contributed by atoms with Gasteiger partial charge in [-0.1, -0.05) is 45.4 Å². The lowest BCUT2D eigenvalue weighted by atomic mass is 10.4. The van der Waals surface area contributed by atoms with Gasteiger partial charge in [0.25, 0.3) is 0 Å². The van der Waals surface area contributed by atoms with E-state index in [1.54, 1.807) is 24.3 Å². The highest BCUT2D eigenvalue weighted by molar-refractivity contribution is 8.21. The van der Waals surface area contributed by atoms with Gasteiger partial charge >= 0.3 is 0 Å². The monoisotopic (exact) mass is 294 g/mol. The van der Waals surface area contributed by atoms with Gasteiger partial charge in [0.15, 0.2) is 0 Å². The maximum atomic E-state index is 3.55. The fourth-order valence-corrected chi connectivity index (χ4v) is 7.82. The topological polar surface area (TPSA) is 36.1 Å². The molecular weight excluding hydrogens is 281 g/mol. The molecule has 0 radical (unpaired) electrons. The van der Waals surface area contributed by atoms with E-state index >= 15 is 0 Å². The first kappa shape index (κ1) is 12.5. The zero-order chi connectivity index (χ0) is 12.3. The summed E-state index contributed by atoms with van der Waals surface area (Å²) in [6.07, 6.45) is 0. The van der Waals surface area contributed by atoms with E-state index in [-0.39, 0.29) is 0 Å². The first-order valence-corrected chi connectivity index (χ1v) is 8.95. The van der Waals surface area contributed by atoms with Gasteiger partial charge in [-0.3, -0.25) is 0 Å². The van der Waals surface area contributed by atoms with Crippen LogP contribution in [0.4, 0.5) is 0 Å². The third-order valence-corrected chi connectivity index (χ3v) is 8.47. The fraction of sp³-hybridized carbons (Fsp3) is 0. The molecular formula is C12H13N3PS2+. The molecule has 0 spiro atoms. The summed E-state index contributed by atoms with van der Waals surface area (Å²) >= 11 is 3.08. The second-order valence-electron chi connectivity index (χ2n) is 3.81. The minimum atomic E-state index is -1.73. The van der Waals surface area contributed by atoms with Crippen LogP contribution >= 0.6 is 31.8 Å². The molecule has 0 bridgehead atoms. The Bertz CT molecular complexity index is 462. The first-order valence-electron chi connectivity index (χ1n) is 5.53. The van der Waals surface area contributed by atoms with Crippen molar-refractivity contribution in [2.24, 2.45) is 0 Å². The lowest BCUT2D eigenvalue weighted by Crippen LogP contribution is -2.41. The quantitative estimate of drug-likeness (QED) is 0.586. The van der Waals surface area contributed by atoms with Gasteiger partial charge in [0.05, 0.1) is 24.3 Å². The van der Waals surface area contributed by atoms with Crippen molar-refractivity contribution in [2.75, 3.05) is 0 Å². The Morgan fingerprint density at radius 3 is 1.56 bits per heavy atom. The van der Waals surface area contributed by atoms with Gasteiger partial charge in [-0.25, -0.2) is 0 Å². The molecule has 3 N–H and O–H groups in total. The van der Waals surface area contributed by atoms with E-state index in [2.05, 4.69) is 61.6 Å². The number of hydrogen-bond donors (Lipinski definition) is 3. The highest BCUT2D eigenvalue weighted by Gasteiger charge is 2.46. The highest BCUT2D eigenvalue weighted by atomic mass is 32.2. The van der Waals surface area contributed by atoms with E-state index in [4.69, 9.17) is 0 Å². The van der Waals surface area contributed by atoms with Crippen molar-refractivity contribution < 1.29 is 0 Å². The summed E-state index contributed by atoms with van der Waals surface area (Å²) in [7, 11) is -1.73. The molecule has 1 saturated heterocycles. The Morgan fingerprint density at radius 2 is 1.11 bits per heavy atom. The van der Waals surface area contributed by atoms with E-state index in [9.17, 15) is 0 Å². The normalized spacial score (nSPS) is 18.4. The largest absolute Gasteiger partial charge is 0.237 e. The van der Waals surface area contributed by atoms with Crippen molar-refractivity contribution in [3.8, 4) is 0 Å². The van der Waals surface area contributed by atoms with E-state index in [0.29, 0.717) is 0 Å². The smallest absolute Gasteiger partial charge is 0.175 e. The third kappa shape index (κ3) is 2.30. The summed E-state index contributed by atoms with van der Waals surface area (Å²) < 4.78 is 10.2. The van der Waals surface area contributed by atoms with Crippen LogP contribution in [0.3, 0.4) is 0 Å². The fourth-order valence-electron chi connectivity index (χ4n) is 1.88. The maximum Gasteiger partial charge on any atom is 0.237 e. The summed E-state index contributed by atoms with van der Waals surface area (Å²) in [5.41, 5.74) is 0. The Kier molecular flexibility index (Phi) is 3.89. The van der Waals surface area contributed by atoms with Crippen molar-refractivity contribution in [3.05, 3.63) is 60.7 Å². The molecule has 0 atom stereocenters. The standard InChI is InChI=1S/C12H13N3PS2/c1-3-7-11(8-4-1)16(13-17-15-18-14-16)12-9-5-2-6-10-12/h1-10,13-15H/q+1. The lowest BCUT2D eigenvalue weighted by Gasteiger charge is -2.29. The second-order valence-corrected chi connectivity index (χ2v) is 8.72. The van der Waals surface area contributed by atoms with Crippen molar-refractivity contribution in [1.82, 2.24) is 13.1 Å². The average Bonchev–Trinajstić information content (AvgIpc) is 2.50. The molecule has 1 aliphatic heterocycles. The first-order chi connectivity index (χ1) is 8.92. The van der Waals surface area contributed by atoms with Crippen LogP contribution < -0.4 is 23.7 Å². The van der Waals surface area contributed by atoms with E-state index < -0.39 is 7.56 Å². The predicted molar refractivity (Wildman–Crippen MR) is 83.7 cm³/mol. The lowest BCUT2D eigenvalue weighted by molar-refractivity contribution is 1.42. The van der Waals surface area contributed by atoms with E-state index in [1.165, 1.54) is 10.6 Å². The average molecular weight is 294 g/mol. The minimum Gasteiger partial charge on any atom is -0.175 e. The molecule has 2 aromatic rings. The van der Waals surface area contributed by atoms with Gasteiger partial charge < -0.3 is 0 Å². The van der Waals surface area contributed by atoms with Gasteiger partial charge in [0.2, 0.25) is 7.56 Å². The third-order valence-electron chi connectivity index (χ3n) is 2.74. The SMILES string of the molecule is c1ccc([P+]2(c3ccccc3)NSNSN2)cc1.